The zero-order valence-electron chi connectivity index (χ0n) is 6.69. The first-order chi connectivity index (χ1) is 6.15. The van der Waals surface area contributed by atoms with Crippen LogP contribution in [0.5, 0.6) is 0 Å². The van der Waals surface area contributed by atoms with Crippen molar-refractivity contribution >= 4 is 16.8 Å². The molecular weight excluding hydrogens is 188 g/mol. The van der Waals surface area contributed by atoms with Crippen LogP contribution in [-0.2, 0) is 16.8 Å². The van der Waals surface area contributed by atoms with E-state index in [1.807, 2.05) is 6.07 Å². The molecule has 1 aromatic rings. The lowest BCUT2D eigenvalue weighted by Crippen LogP contribution is -1.99. The van der Waals surface area contributed by atoms with Gasteiger partial charge in [-0.15, -0.1) is 0 Å². The first kappa shape index (κ1) is 9.71. The molecule has 13 heavy (non-hydrogen) atoms. The number of hydrogen-bond acceptors (Lipinski definition) is 4. The van der Waals surface area contributed by atoms with Gasteiger partial charge in [-0.25, -0.2) is 0 Å². The Morgan fingerprint density at radius 3 is 2.85 bits per heavy atom. The van der Waals surface area contributed by atoms with E-state index in [4.69, 9.17) is 11.0 Å². The Morgan fingerprint density at radius 2 is 2.31 bits per heavy atom. The highest BCUT2D eigenvalue weighted by atomic mass is 32.2. The van der Waals surface area contributed by atoms with Crippen LogP contribution >= 0.6 is 0 Å². The topological polar surface area (TPSA) is 89.9 Å². The van der Waals surface area contributed by atoms with Gasteiger partial charge in [0.2, 0.25) is 0 Å². The average Bonchev–Trinajstić information content (AvgIpc) is 2.03. The third-order valence-electron chi connectivity index (χ3n) is 1.57. The minimum absolute atomic E-state index is 0.173. The van der Waals surface area contributed by atoms with E-state index in [0.29, 0.717) is 11.3 Å². The molecule has 68 valence electrons. The zero-order valence-corrected chi connectivity index (χ0v) is 7.50. The Morgan fingerprint density at radius 1 is 1.62 bits per heavy atom. The molecule has 0 bridgehead atoms. The molecule has 5 heteroatoms. The molecule has 1 atom stereocenters. The Balaban J connectivity index is 3.14. The van der Waals surface area contributed by atoms with Crippen molar-refractivity contribution in [3.05, 3.63) is 29.3 Å². The van der Waals surface area contributed by atoms with E-state index in [1.54, 1.807) is 18.2 Å². The van der Waals surface area contributed by atoms with E-state index in [-0.39, 0.29) is 11.3 Å². The smallest absolute Gasteiger partial charge is 0.102 e. The lowest BCUT2D eigenvalue weighted by Gasteiger charge is -2.07. The molecule has 0 radical (unpaired) electrons. The van der Waals surface area contributed by atoms with Crippen LogP contribution in [0.25, 0.3) is 0 Å². The van der Waals surface area contributed by atoms with Crippen LogP contribution in [0.3, 0.4) is 0 Å². The van der Waals surface area contributed by atoms with Crippen LogP contribution in [0.2, 0.25) is 0 Å². The summed E-state index contributed by atoms with van der Waals surface area (Å²) in [6, 6.07) is 6.63. The fourth-order valence-electron chi connectivity index (χ4n) is 1.00. The lowest BCUT2D eigenvalue weighted by molar-refractivity contribution is 0.536. The number of nitriles is 1. The molecule has 0 aliphatic carbocycles. The molecule has 0 heterocycles. The van der Waals surface area contributed by atoms with Gasteiger partial charge in [-0.1, -0.05) is 23.2 Å². The first-order valence-electron chi connectivity index (χ1n) is 3.48. The summed E-state index contributed by atoms with van der Waals surface area (Å²) in [5, 5.41) is 8.68. The van der Waals surface area contributed by atoms with Crippen molar-refractivity contribution in [1.82, 2.24) is 0 Å². The maximum Gasteiger partial charge on any atom is 0.102 e. The van der Waals surface area contributed by atoms with Gasteiger partial charge < -0.3 is 10.3 Å². The summed E-state index contributed by atoms with van der Waals surface area (Å²) in [5.41, 5.74) is 6.48. The fourth-order valence-corrected chi connectivity index (χ4v) is 1.50. The maximum absolute atomic E-state index is 10.4. The number of nitrogens with zero attached hydrogens (tertiary/aromatic N) is 1. The van der Waals surface area contributed by atoms with Gasteiger partial charge in [0.05, 0.1) is 5.56 Å². The molecule has 0 spiro atoms. The lowest BCUT2D eigenvalue weighted by atomic mass is 10.1. The molecule has 1 rings (SSSR count). The van der Waals surface area contributed by atoms with E-state index < -0.39 is 11.1 Å². The summed E-state index contributed by atoms with van der Waals surface area (Å²) in [6.07, 6.45) is 0. The number of anilines is 1. The van der Waals surface area contributed by atoms with Crippen molar-refractivity contribution in [3.63, 3.8) is 0 Å². The number of nitrogen functional groups attached to an aromatic ring is 1. The van der Waals surface area contributed by atoms with E-state index >= 15 is 0 Å². The molecule has 2 N–H and O–H groups in total. The summed E-state index contributed by atoms with van der Waals surface area (Å²) in [4.78, 5) is 0. The molecule has 0 fully saturated rings. The standard InChI is InChI=1S/C8H8N2O2S/c9-4-7-6(5-13(11)12)2-1-3-8(7)10/h1-3H,5,10H2,(H,11,12)/p-1. The summed E-state index contributed by atoms with van der Waals surface area (Å²) < 4.78 is 20.8. The van der Waals surface area contributed by atoms with Gasteiger partial charge in [-0.05, 0) is 11.6 Å². The van der Waals surface area contributed by atoms with Gasteiger partial charge in [0.1, 0.15) is 6.07 Å². The van der Waals surface area contributed by atoms with Gasteiger partial charge >= 0.3 is 0 Å². The number of nitrogens with two attached hydrogens (primary N) is 1. The van der Waals surface area contributed by atoms with E-state index in [0.717, 1.165) is 0 Å². The minimum atomic E-state index is -2.19. The molecule has 1 aromatic carbocycles. The summed E-state index contributed by atoms with van der Waals surface area (Å²) >= 11 is -2.19. The number of rotatable bonds is 2. The van der Waals surface area contributed by atoms with Crippen molar-refractivity contribution in [2.45, 2.75) is 5.75 Å². The molecular formula is C8H7N2O2S-. The number of hydrogen-bond donors (Lipinski definition) is 1. The van der Waals surface area contributed by atoms with Crippen molar-refractivity contribution in [3.8, 4) is 6.07 Å². The average molecular weight is 195 g/mol. The normalized spacial score (nSPS) is 12.0. The zero-order chi connectivity index (χ0) is 9.84. The predicted octanol–water partition coefficient (Wildman–Crippen LogP) is 0.520. The van der Waals surface area contributed by atoms with Gasteiger partial charge in [-0.3, -0.25) is 4.21 Å². The van der Waals surface area contributed by atoms with Gasteiger partial charge in [0.15, 0.2) is 0 Å². The summed E-state index contributed by atoms with van der Waals surface area (Å²) in [5.74, 6) is -0.173. The fraction of sp³-hybridized carbons (Fsp3) is 0.125. The van der Waals surface area contributed by atoms with Crippen LogP contribution in [0.15, 0.2) is 18.2 Å². The highest BCUT2D eigenvalue weighted by molar-refractivity contribution is 7.78. The van der Waals surface area contributed by atoms with Crippen molar-refractivity contribution in [1.29, 1.82) is 5.26 Å². The maximum atomic E-state index is 10.4. The molecule has 0 aromatic heterocycles. The minimum Gasteiger partial charge on any atom is -0.772 e. The SMILES string of the molecule is N#Cc1c(N)cccc1CS(=O)[O-]. The van der Waals surface area contributed by atoms with Crippen LogP contribution in [-0.4, -0.2) is 8.76 Å². The van der Waals surface area contributed by atoms with Crippen LogP contribution in [0, 0.1) is 11.3 Å². The van der Waals surface area contributed by atoms with E-state index in [2.05, 4.69) is 0 Å². The second-order valence-corrected chi connectivity index (χ2v) is 3.34. The monoisotopic (exact) mass is 195 g/mol. The van der Waals surface area contributed by atoms with Crippen LogP contribution in [0.4, 0.5) is 5.69 Å². The molecule has 0 amide bonds. The molecule has 4 nitrogen and oxygen atoms in total. The Hall–Kier alpha value is -1.38. The molecule has 0 saturated heterocycles. The molecule has 1 unspecified atom stereocenters. The summed E-state index contributed by atoms with van der Waals surface area (Å²) in [7, 11) is 0. The largest absolute Gasteiger partial charge is 0.772 e. The van der Waals surface area contributed by atoms with Crippen LogP contribution < -0.4 is 5.73 Å². The molecule has 0 aliphatic heterocycles. The molecule has 0 aliphatic rings. The van der Waals surface area contributed by atoms with Crippen molar-refractivity contribution in [2.75, 3.05) is 5.73 Å². The Labute approximate surface area is 78.3 Å². The Kier molecular flexibility index (Phi) is 3.01. The van der Waals surface area contributed by atoms with Crippen molar-refractivity contribution in [2.24, 2.45) is 0 Å². The Bertz CT molecular complexity index is 384. The highest BCUT2D eigenvalue weighted by Crippen LogP contribution is 2.16. The quantitative estimate of drug-likeness (QED) is 0.550. The number of benzene rings is 1. The summed E-state index contributed by atoms with van der Waals surface area (Å²) in [6.45, 7) is 0. The second kappa shape index (κ2) is 4.03. The van der Waals surface area contributed by atoms with Gasteiger partial charge in [-0.2, -0.15) is 5.26 Å². The first-order valence-corrected chi connectivity index (χ1v) is 4.73. The van der Waals surface area contributed by atoms with E-state index in [9.17, 15) is 8.76 Å². The van der Waals surface area contributed by atoms with Crippen molar-refractivity contribution < 1.29 is 8.76 Å². The van der Waals surface area contributed by atoms with Crippen LogP contribution in [0.1, 0.15) is 11.1 Å². The third-order valence-corrected chi connectivity index (χ3v) is 2.11. The highest BCUT2D eigenvalue weighted by Gasteiger charge is 2.04. The van der Waals surface area contributed by atoms with Gasteiger partial charge in [0, 0.05) is 11.4 Å². The van der Waals surface area contributed by atoms with Gasteiger partial charge in [0.25, 0.3) is 0 Å². The van der Waals surface area contributed by atoms with E-state index in [1.165, 1.54) is 0 Å². The second-order valence-electron chi connectivity index (χ2n) is 2.44. The predicted molar refractivity (Wildman–Crippen MR) is 48.2 cm³/mol. The molecule has 0 saturated carbocycles. The third kappa shape index (κ3) is 2.28.